The molecule has 5 nitrogen and oxygen atoms in total. The monoisotopic (exact) mass is 404 g/mol. The van der Waals surface area contributed by atoms with E-state index in [0.717, 1.165) is 31.5 Å². The minimum absolute atomic E-state index is 0.159. The molecule has 1 aromatic rings. The number of likely N-dealkylation sites (tertiary alicyclic amines) is 1. The highest BCUT2D eigenvalue weighted by molar-refractivity contribution is 5.78. The molecule has 1 aliphatic carbocycles. The highest BCUT2D eigenvalue weighted by atomic mass is 19.1. The molecule has 1 aromatic carbocycles. The van der Waals surface area contributed by atoms with Gasteiger partial charge >= 0.3 is 0 Å². The number of hydrogen-bond donors (Lipinski definition) is 0. The minimum Gasteiger partial charge on any atom is -0.375 e. The van der Waals surface area contributed by atoms with Crippen LogP contribution in [0.5, 0.6) is 0 Å². The number of rotatable bonds is 5. The maximum absolute atomic E-state index is 13.2. The Bertz CT molecular complexity index is 655. The third-order valence-electron chi connectivity index (χ3n) is 6.49. The summed E-state index contributed by atoms with van der Waals surface area (Å²) in [5.74, 6) is -0.0968. The van der Waals surface area contributed by atoms with Crippen LogP contribution in [0.1, 0.15) is 56.6 Å². The quantitative estimate of drug-likeness (QED) is 0.753. The molecule has 160 valence electrons. The number of carbonyl (C=O) groups excluding carboxylic acids is 1. The zero-order valence-corrected chi connectivity index (χ0v) is 17.2. The van der Waals surface area contributed by atoms with E-state index in [2.05, 4.69) is 4.90 Å². The SMILES string of the molecule is O=C(CN1CCC(OC2CCCCC2)CC1)N1CCOC(c2ccc(F)cc2)C1. The highest BCUT2D eigenvalue weighted by Gasteiger charge is 2.29. The third-order valence-corrected chi connectivity index (χ3v) is 6.49. The molecule has 1 atom stereocenters. The molecule has 2 aliphatic heterocycles. The van der Waals surface area contributed by atoms with Gasteiger partial charge in [0.1, 0.15) is 11.9 Å². The zero-order valence-electron chi connectivity index (χ0n) is 17.2. The normalized spacial score (nSPS) is 25.3. The van der Waals surface area contributed by atoms with Crippen LogP contribution in [0.15, 0.2) is 24.3 Å². The van der Waals surface area contributed by atoms with Crippen molar-refractivity contribution in [2.75, 3.05) is 39.3 Å². The molecule has 0 bridgehead atoms. The van der Waals surface area contributed by atoms with Crippen molar-refractivity contribution in [2.24, 2.45) is 0 Å². The summed E-state index contributed by atoms with van der Waals surface area (Å²) in [6, 6.07) is 6.37. The predicted octanol–water partition coefficient (Wildman–Crippen LogP) is 3.54. The van der Waals surface area contributed by atoms with Crippen molar-refractivity contribution in [3.8, 4) is 0 Å². The first-order valence-corrected chi connectivity index (χ1v) is 11.2. The Morgan fingerprint density at radius 3 is 2.41 bits per heavy atom. The number of amides is 1. The average molecular weight is 405 g/mol. The van der Waals surface area contributed by atoms with Crippen molar-refractivity contribution in [2.45, 2.75) is 63.3 Å². The van der Waals surface area contributed by atoms with E-state index in [-0.39, 0.29) is 17.8 Å². The summed E-state index contributed by atoms with van der Waals surface area (Å²) in [6.45, 7) is 3.99. The molecule has 2 heterocycles. The van der Waals surface area contributed by atoms with E-state index < -0.39 is 0 Å². The van der Waals surface area contributed by atoms with E-state index in [4.69, 9.17) is 9.47 Å². The Balaban J connectivity index is 1.21. The molecule has 3 fully saturated rings. The fourth-order valence-corrected chi connectivity index (χ4v) is 4.72. The summed E-state index contributed by atoms with van der Waals surface area (Å²) < 4.78 is 25.3. The number of hydrogen-bond acceptors (Lipinski definition) is 4. The summed E-state index contributed by atoms with van der Waals surface area (Å²) >= 11 is 0. The van der Waals surface area contributed by atoms with Crippen LogP contribution < -0.4 is 0 Å². The van der Waals surface area contributed by atoms with Crippen LogP contribution >= 0.6 is 0 Å². The van der Waals surface area contributed by atoms with E-state index >= 15 is 0 Å². The Labute approximate surface area is 173 Å². The number of piperidine rings is 1. The Kier molecular flexibility index (Phi) is 7.16. The summed E-state index contributed by atoms with van der Waals surface area (Å²) in [4.78, 5) is 17.0. The predicted molar refractivity (Wildman–Crippen MR) is 109 cm³/mol. The number of benzene rings is 1. The fraction of sp³-hybridized carbons (Fsp3) is 0.696. The third kappa shape index (κ3) is 5.77. The Hall–Kier alpha value is -1.50. The van der Waals surface area contributed by atoms with Crippen molar-refractivity contribution < 1.29 is 18.7 Å². The molecule has 3 aliphatic rings. The highest BCUT2D eigenvalue weighted by Crippen LogP contribution is 2.25. The first kappa shape index (κ1) is 20.8. The maximum Gasteiger partial charge on any atom is 0.236 e. The largest absolute Gasteiger partial charge is 0.375 e. The molecule has 1 amide bonds. The van der Waals surface area contributed by atoms with Crippen molar-refractivity contribution in [1.29, 1.82) is 0 Å². The molecule has 4 rings (SSSR count). The first-order valence-electron chi connectivity index (χ1n) is 11.2. The summed E-state index contributed by atoms with van der Waals surface area (Å²) in [5, 5.41) is 0. The molecule has 6 heteroatoms. The molecule has 29 heavy (non-hydrogen) atoms. The van der Waals surface area contributed by atoms with Gasteiger partial charge in [-0.05, 0) is 43.4 Å². The minimum atomic E-state index is -0.256. The maximum atomic E-state index is 13.2. The van der Waals surface area contributed by atoms with Crippen LogP contribution in [-0.4, -0.2) is 67.2 Å². The van der Waals surface area contributed by atoms with E-state index in [9.17, 15) is 9.18 Å². The number of carbonyl (C=O) groups is 1. The Morgan fingerprint density at radius 2 is 1.69 bits per heavy atom. The van der Waals surface area contributed by atoms with Gasteiger partial charge in [-0.2, -0.15) is 0 Å². The number of ether oxygens (including phenoxy) is 2. The van der Waals surface area contributed by atoms with Crippen molar-refractivity contribution >= 4 is 5.91 Å². The molecule has 0 aromatic heterocycles. The van der Waals surface area contributed by atoms with Crippen LogP contribution in [0.2, 0.25) is 0 Å². The summed E-state index contributed by atoms with van der Waals surface area (Å²) in [7, 11) is 0. The second kappa shape index (κ2) is 10.0. The first-order chi connectivity index (χ1) is 14.2. The van der Waals surface area contributed by atoms with Crippen molar-refractivity contribution in [3.05, 3.63) is 35.6 Å². The average Bonchev–Trinajstić information content (AvgIpc) is 2.76. The van der Waals surface area contributed by atoms with Gasteiger partial charge in [-0.15, -0.1) is 0 Å². The summed E-state index contributed by atoms with van der Waals surface area (Å²) in [5.41, 5.74) is 0.921. The zero-order chi connectivity index (χ0) is 20.1. The van der Waals surface area contributed by atoms with Crippen LogP contribution in [0, 0.1) is 5.82 Å². The van der Waals surface area contributed by atoms with E-state index in [1.807, 2.05) is 4.90 Å². The van der Waals surface area contributed by atoms with Gasteiger partial charge in [-0.1, -0.05) is 31.4 Å². The lowest BCUT2D eigenvalue weighted by Crippen LogP contribution is -2.48. The molecule has 0 radical (unpaired) electrons. The second-order valence-corrected chi connectivity index (χ2v) is 8.62. The lowest BCUT2D eigenvalue weighted by Gasteiger charge is -2.37. The van der Waals surface area contributed by atoms with E-state index in [1.165, 1.54) is 44.2 Å². The fourth-order valence-electron chi connectivity index (χ4n) is 4.72. The van der Waals surface area contributed by atoms with E-state index in [0.29, 0.717) is 38.4 Å². The van der Waals surface area contributed by atoms with Crippen molar-refractivity contribution in [3.63, 3.8) is 0 Å². The standard InChI is InChI=1S/C23H33FN2O3/c24-19-8-6-18(7-9-19)22-16-26(14-15-28-22)23(27)17-25-12-10-21(11-13-25)29-20-4-2-1-3-5-20/h6-9,20-22H,1-5,10-17H2. The van der Waals surface area contributed by atoms with Gasteiger partial charge in [0.2, 0.25) is 5.91 Å². The number of nitrogens with zero attached hydrogens (tertiary/aromatic N) is 2. The van der Waals surface area contributed by atoms with Crippen LogP contribution in [0.25, 0.3) is 0 Å². The van der Waals surface area contributed by atoms with Gasteiger partial charge in [-0.25, -0.2) is 4.39 Å². The van der Waals surface area contributed by atoms with Gasteiger partial charge in [0, 0.05) is 19.6 Å². The number of morpholine rings is 1. The Morgan fingerprint density at radius 1 is 1.00 bits per heavy atom. The van der Waals surface area contributed by atoms with Gasteiger partial charge < -0.3 is 14.4 Å². The lowest BCUT2D eigenvalue weighted by atomic mass is 9.97. The topological polar surface area (TPSA) is 42.0 Å². The lowest BCUT2D eigenvalue weighted by molar-refractivity contribution is -0.141. The van der Waals surface area contributed by atoms with Crippen LogP contribution in [0.4, 0.5) is 4.39 Å². The molecule has 1 unspecified atom stereocenters. The van der Waals surface area contributed by atoms with Gasteiger partial charge in [0.05, 0.1) is 31.9 Å². The van der Waals surface area contributed by atoms with Crippen LogP contribution in [-0.2, 0) is 14.3 Å². The molecule has 1 saturated carbocycles. The molecule has 0 N–H and O–H groups in total. The number of halogens is 1. The van der Waals surface area contributed by atoms with Crippen molar-refractivity contribution in [1.82, 2.24) is 9.80 Å². The van der Waals surface area contributed by atoms with Gasteiger partial charge in [-0.3, -0.25) is 9.69 Å². The van der Waals surface area contributed by atoms with E-state index in [1.54, 1.807) is 12.1 Å². The van der Waals surface area contributed by atoms with Crippen LogP contribution in [0.3, 0.4) is 0 Å². The smallest absolute Gasteiger partial charge is 0.236 e. The van der Waals surface area contributed by atoms with Gasteiger partial charge in [0.15, 0.2) is 0 Å². The second-order valence-electron chi connectivity index (χ2n) is 8.62. The summed E-state index contributed by atoms with van der Waals surface area (Å²) in [6.07, 6.45) is 9.06. The molecular weight excluding hydrogens is 371 g/mol. The molecule has 0 spiro atoms. The molecular formula is C23H33FN2O3. The van der Waals surface area contributed by atoms with Gasteiger partial charge in [0.25, 0.3) is 0 Å². The molecule has 2 saturated heterocycles.